The Morgan fingerprint density at radius 1 is 0.857 bits per heavy atom. The van der Waals surface area contributed by atoms with Crippen LogP contribution in [0.4, 0.5) is 0 Å². The second-order valence-electron chi connectivity index (χ2n) is 11.8. The molecule has 10 heteroatoms. The third-order valence-corrected chi connectivity index (χ3v) is 11.9. The van der Waals surface area contributed by atoms with E-state index < -0.39 is 16.0 Å². The van der Waals surface area contributed by atoms with Crippen molar-refractivity contribution < 1.29 is 18.3 Å². The van der Waals surface area contributed by atoms with Gasteiger partial charge in [0.15, 0.2) is 0 Å². The lowest BCUT2D eigenvalue weighted by Gasteiger charge is -2.41. The summed E-state index contributed by atoms with van der Waals surface area (Å²) in [6.07, 6.45) is 4.74. The number of hydrazine groups is 1. The number of hydrogen-bond acceptors (Lipinski definition) is 5. The normalized spacial score (nSPS) is 25.4. The van der Waals surface area contributed by atoms with E-state index >= 15 is 0 Å². The first-order chi connectivity index (χ1) is 20.2. The molecule has 1 aliphatic carbocycles. The van der Waals surface area contributed by atoms with Crippen molar-refractivity contribution in [1.82, 2.24) is 15.2 Å². The predicted octanol–water partition coefficient (Wildman–Crippen LogP) is 6.19. The Hall–Kier alpha value is -2.46. The summed E-state index contributed by atoms with van der Waals surface area (Å²) in [7, 11) is -3.76. The number of nitrogens with one attached hydrogen (secondary N) is 2. The first kappa shape index (κ1) is 29.6. The van der Waals surface area contributed by atoms with Gasteiger partial charge in [-0.2, -0.15) is 4.31 Å². The minimum absolute atomic E-state index is 0.0272. The summed E-state index contributed by atoms with van der Waals surface area (Å²) in [4.78, 5) is 11.4. The van der Waals surface area contributed by atoms with Gasteiger partial charge in [-0.1, -0.05) is 53.5 Å². The number of fused-ring (bicyclic) bond motifs is 1. The van der Waals surface area contributed by atoms with Crippen LogP contribution in [-0.2, 0) is 10.0 Å². The molecule has 222 valence electrons. The molecule has 0 bridgehead atoms. The van der Waals surface area contributed by atoms with Crippen LogP contribution in [0.1, 0.15) is 59.5 Å². The fourth-order valence-electron chi connectivity index (χ4n) is 7.39. The molecule has 1 saturated carbocycles. The van der Waals surface area contributed by atoms with Crippen molar-refractivity contribution in [2.75, 3.05) is 13.1 Å². The molecule has 3 aromatic carbocycles. The van der Waals surface area contributed by atoms with E-state index in [1.54, 1.807) is 0 Å². The van der Waals surface area contributed by atoms with Gasteiger partial charge in [-0.15, -0.1) is 0 Å². The van der Waals surface area contributed by atoms with Crippen molar-refractivity contribution in [1.29, 1.82) is 0 Å². The smallest absolute Gasteiger partial charge is 0.335 e. The molecule has 42 heavy (non-hydrogen) atoms. The van der Waals surface area contributed by atoms with Gasteiger partial charge >= 0.3 is 5.97 Å². The number of benzene rings is 3. The minimum atomic E-state index is -3.76. The van der Waals surface area contributed by atoms with Gasteiger partial charge in [0.05, 0.1) is 10.5 Å². The molecule has 3 aromatic rings. The summed E-state index contributed by atoms with van der Waals surface area (Å²) in [5, 5.41) is 10.8. The fourth-order valence-corrected chi connectivity index (χ4v) is 9.15. The van der Waals surface area contributed by atoms with Crippen molar-refractivity contribution in [2.45, 2.75) is 55.0 Å². The zero-order valence-electron chi connectivity index (χ0n) is 23.1. The summed E-state index contributed by atoms with van der Waals surface area (Å²) >= 11 is 12.5. The summed E-state index contributed by atoms with van der Waals surface area (Å²) in [5.41, 5.74) is 9.67. The van der Waals surface area contributed by atoms with E-state index in [1.165, 1.54) is 39.7 Å². The van der Waals surface area contributed by atoms with E-state index in [0.29, 0.717) is 36.9 Å². The third-order valence-electron chi connectivity index (χ3n) is 9.49. The molecule has 0 radical (unpaired) electrons. The van der Waals surface area contributed by atoms with Gasteiger partial charge in [-0.25, -0.2) is 13.2 Å². The van der Waals surface area contributed by atoms with Gasteiger partial charge in [0.2, 0.25) is 10.0 Å². The van der Waals surface area contributed by atoms with Crippen LogP contribution < -0.4 is 10.9 Å². The molecule has 3 fully saturated rings. The van der Waals surface area contributed by atoms with Crippen molar-refractivity contribution in [3.05, 3.63) is 99.5 Å². The maximum absolute atomic E-state index is 13.3. The minimum Gasteiger partial charge on any atom is -0.478 e. The summed E-state index contributed by atoms with van der Waals surface area (Å²) in [6, 6.07) is 22.7. The Kier molecular flexibility index (Phi) is 8.65. The molecule has 0 amide bonds. The molecular weight excluding hydrogens is 593 g/mol. The molecule has 0 spiro atoms. The number of halogens is 2. The van der Waals surface area contributed by atoms with Crippen LogP contribution in [0.15, 0.2) is 77.7 Å². The zero-order chi connectivity index (χ0) is 29.4. The number of hydrogen-bond donors (Lipinski definition) is 3. The maximum atomic E-state index is 13.3. The number of sulfonamides is 1. The number of nitrogens with zero attached hydrogens (tertiary/aromatic N) is 1. The van der Waals surface area contributed by atoms with Gasteiger partial charge < -0.3 is 5.11 Å². The number of piperidine rings is 1. The Labute approximate surface area is 257 Å². The number of carbonyl (C=O) groups is 1. The van der Waals surface area contributed by atoms with Gasteiger partial charge in [-0.05, 0) is 103 Å². The quantitative estimate of drug-likeness (QED) is 0.289. The Morgan fingerprint density at radius 3 is 2.07 bits per heavy atom. The molecule has 6 rings (SSSR count). The van der Waals surface area contributed by atoms with Gasteiger partial charge in [0, 0.05) is 41.1 Å². The highest BCUT2D eigenvalue weighted by Gasteiger charge is 2.46. The molecule has 3 N–H and O–H groups in total. The lowest BCUT2D eigenvalue weighted by atomic mass is 9.66. The van der Waals surface area contributed by atoms with Crippen LogP contribution in [0.25, 0.3) is 0 Å². The van der Waals surface area contributed by atoms with Crippen LogP contribution in [0, 0.1) is 17.8 Å². The molecule has 3 aliphatic rings. The lowest BCUT2D eigenvalue weighted by molar-refractivity contribution is 0.0696. The number of aromatic carboxylic acids is 1. The van der Waals surface area contributed by atoms with Crippen molar-refractivity contribution >= 4 is 39.2 Å². The third kappa shape index (κ3) is 5.98. The SMILES string of the molecule is O=C(O)c1cccc(S(=O)(=O)N2CCC(C3NNC4CCC(C(c5ccc(Cl)cc5)c5ccc(Cl)cc5)CC43)CC2)c1. The van der Waals surface area contributed by atoms with E-state index in [-0.39, 0.29) is 22.4 Å². The number of carboxylic acid groups (broad SMARTS) is 1. The summed E-state index contributed by atoms with van der Waals surface area (Å²) in [5.74, 6) is 0.314. The molecule has 4 atom stereocenters. The summed E-state index contributed by atoms with van der Waals surface area (Å²) < 4.78 is 28.2. The topological polar surface area (TPSA) is 98.7 Å². The average Bonchev–Trinajstić information content (AvgIpc) is 3.43. The first-order valence-electron chi connectivity index (χ1n) is 14.6. The van der Waals surface area contributed by atoms with Crippen LogP contribution >= 0.6 is 23.2 Å². The Balaban J connectivity index is 1.17. The molecule has 4 unspecified atom stereocenters. The maximum Gasteiger partial charge on any atom is 0.335 e. The Bertz CT molecular complexity index is 1480. The molecule has 2 saturated heterocycles. The molecule has 2 heterocycles. The van der Waals surface area contributed by atoms with Crippen LogP contribution in [0.3, 0.4) is 0 Å². The van der Waals surface area contributed by atoms with Gasteiger partial charge in [-0.3, -0.25) is 10.9 Å². The Morgan fingerprint density at radius 2 is 1.48 bits per heavy atom. The average molecular weight is 629 g/mol. The van der Waals surface area contributed by atoms with Crippen LogP contribution in [0.5, 0.6) is 0 Å². The first-order valence-corrected chi connectivity index (χ1v) is 16.8. The van der Waals surface area contributed by atoms with Crippen molar-refractivity contribution in [2.24, 2.45) is 17.8 Å². The highest BCUT2D eigenvalue weighted by atomic mass is 35.5. The zero-order valence-corrected chi connectivity index (χ0v) is 25.5. The van der Waals surface area contributed by atoms with Gasteiger partial charge in [0.25, 0.3) is 0 Å². The number of carboxylic acids is 1. The lowest BCUT2D eigenvalue weighted by Crippen LogP contribution is -2.46. The summed E-state index contributed by atoms with van der Waals surface area (Å²) in [6.45, 7) is 0.836. The van der Waals surface area contributed by atoms with Crippen molar-refractivity contribution in [3.8, 4) is 0 Å². The monoisotopic (exact) mass is 627 g/mol. The van der Waals surface area contributed by atoms with E-state index in [4.69, 9.17) is 23.2 Å². The standard InChI is InChI=1S/C32H35Cl2N3O4S/c33-25-9-4-20(5-10-25)30(21-6-11-26(34)12-7-21)23-8-13-29-28(19-23)31(36-35-29)22-14-16-37(17-15-22)42(40,41)27-3-1-2-24(18-27)32(38)39/h1-7,9-12,18,22-23,28-31,35-36H,8,13-17,19H2,(H,38,39). The van der Waals surface area contributed by atoms with Crippen LogP contribution in [-0.4, -0.2) is 49.0 Å². The highest BCUT2D eigenvalue weighted by Crippen LogP contribution is 2.46. The largest absolute Gasteiger partial charge is 0.478 e. The second-order valence-corrected chi connectivity index (χ2v) is 14.6. The van der Waals surface area contributed by atoms with Gasteiger partial charge in [0.1, 0.15) is 0 Å². The van der Waals surface area contributed by atoms with E-state index in [2.05, 4.69) is 35.1 Å². The second kappa shape index (κ2) is 12.3. The molecule has 0 aromatic heterocycles. The molecular formula is C32H35Cl2N3O4S. The van der Waals surface area contributed by atoms with Crippen LogP contribution in [0.2, 0.25) is 10.0 Å². The highest BCUT2D eigenvalue weighted by molar-refractivity contribution is 7.89. The fraction of sp³-hybridized carbons (Fsp3) is 0.406. The van der Waals surface area contributed by atoms with Crippen molar-refractivity contribution in [3.63, 3.8) is 0 Å². The number of rotatable bonds is 7. The molecule has 7 nitrogen and oxygen atoms in total. The predicted molar refractivity (Wildman–Crippen MR) is 164 cm³/mol. The van der Waals surface area contributed by atoms with E-state index in [1.807, 2.05) is 24.3 Å². The van der Waals surface area contributed by atoms with E-state index in [9.17, 15) is 18.3 Å². The molecule has 2 aliphatic heterocycles. The van der Waals surface area contributed by atoms with E-state index in [0.717, 1.165) is 42.1 Å².